The first kappa shape index (κ1) is 18.7. The molecule has 0 bridgehead atoms. The van der Waals surface area contributed by atoms with Crippen molar-refractivity contribution in [2.24, 2.45) is 0 Å². The predicted octanol–water partition coefficient (Wildman–Crippen LogP) is 4.50. The summed E-state index contributed by atoms with van der Waals surface area (Å²) in [6, 6.07) is 21.7. The van der Waals surface area contributed by atoms with Gasteiger partial charge in [-0.25, -0.2) is 0 Å². The molecule has 1 amide bonds. The SMILES string of the molecule is O=C1C(=O)N(c2ccccc2)C(c2ccc(O)cc2)/C1=C(/O)c1c[nH]c2ccccc12. The Morgan fingerprint density at radius 1 is 0.871 bits per heavy atom. The maximum absolute atomic E-state index is 13.1. The molecule has 5 rings (SSSR count). The number of phenols is 1. The number of ketones is 1. The van der Waals surface area contributed by atoms with Gasteiger partial charge in [-0.2, -0.15) is 0 Å². The first-order valence-corrected chi connectivity index (χ1v) is 9.77. The standard InChI is InChI=1S/C25H18N2O4/c28-17-12-10-15(11-13-17)22-21(23(29)19-14-26-20-9-5-4-8-18(19)20)24(30)25(31)27(22)16-6-2-1-3-7-16/h1-14,22,26,28-29H/b23-21-. The van der Waals surface area contributed by atoms with E-state index in [-0.39, 0.29) is 17.1 Å². The molecule has 0 aliphatic carbocycles. The van der Waals surface area contributed by atoms with Gasteiger partial charge in [-0.3, -0.25) is 14.5 Å². The van der Waals surface area contributed by atoms with Gasteiger partial charge in [0.05, 0.1) is 11.6 Å². The number of aromatic hydroxyl groups is 1. The molecule has 2 heterocycles. The van der Waals surface area contributed by atoms with Gasteiger partial charge in [-0.05, 0) is 35.9 Å². The van der Waals surface area contributed by atoms with E-state index in [0.29, 0.717) is 16.8 Å². The number of anilines is 1. The number of fused-ring (bicyclic) bond motifs is 1. The van der Waals surface area contributed by atoms with Crippen molar-refractivity contribution in [1.29, 1.82) is 0 Å². The Morgan fingerprint density at radius 3 is 2.29 bits per heavy atom. The summed E-state index contributed by atoms with van der Waals surface area (Å²) in [6.45, 7) is 0. The fraction of sp³-hybridized carbons (Fsp3) is 0.0400. The van der Waals surface area contributed by atoms with Crippen LogP contribution in [0.2, 0.25) is 0 Å². The van der Waals surface area contributed by atoms with Crippen LogP contribution in [-0.2, 0) is 9.59 Å². The number of carbonyl (C=O) groups excluding carboxylic acids is 2. The molecule has 3 aromatic carbocycles. The van der Waals surface area contributed by atoms with E-state index < -0.39 is 17.7 Å². The minimum Gasteiger partial charge on any atom is -0.508 e. The van der Waals surface area contributed by atoms with E-state index >= 15 is 0 Å². The molecule has 0 radical (unpaired) electrons. The Kier molecular flexibility index (Phi) is 4.33. The number of aromatic amines is 1. The van der Waals surface area contributed by atoms with Gasteiger partial charge in [0.25, 0.3) is 11.7 Å². The van der Waals surface area contributed by atoms with E-state index in [4.69, 9.17) is 0 Å². The molecule has 1 aliphatic heterocycles. The van der Waals surface area contributed by atoms with Crippen molar-refractivity contribution in [2.45, 2.75) is 6.04 Å². The number of H-pyrrole nitrogens is 1. The zero-order chi connectivity index (χ0) is 21.5. The summed E-state index contributed by atoms with van der Waals surface area (Å²) in [7, 11) is 0. The lowest BCUT2D eigenvalue weighted by Gasteiger charge is -2.25. The molecular formula is C25H18N2O4. The van der Waals surface area contributed by atoms with Crippen molar-refractivity contribution in [2.75, 3.05) is 4.90 Å². The van der Waals surface area contributed by atoms with Gasteiger partial charge >= 0.3 is 0 Å². The predicted molar refractivity (Wildman–Crippen MR) is 118 cm³/mol. The molecule has 3 N–H and O–H groups in total. The van der Waals surface area contributed by atoms with Crippen LogP contribution in [0.1, 0.15) is 17.2 Å². The summed E-state index contributed by atoms with van der Waals surface area (Å²) >= 11 is 0. The number of amides is 1. The van der Waals surface area contributed by atoms with E-state index in [1.54, 1.807) is 42.6 Å². The van der Waals surface area contributed by atoms with Crippen LogP contribution >= 0.6 is 0 Å². The molecule has 4 aromatic rings. The third kappa shape index (κ3) is 2.97. The highest BCUT2D eigenvalue weighted by Gasteiger charge is 2.47. The number of nitrogens with zero attached hydrogens (tertiary/aromatic N) is 1. The number of aliphatic hydroxyl groups is 1. The second-order valence-electron chi connectivity index (χ2n) is 7.34. The van der Waals surface area contributed by atoms with Crippen molar-refractivity contribution in [3.63, 3.8) is 0 Å². The fourth-order valence-corrected chi connectivity index (χ4v) is 4.07. The van der Waals surface area contributed by atoms with Gasteiger partial charge in [-0.1, -0.05) is 48.5 Å². The molecule has 6 heteroatoms. The van der Waals surface area contributed by atoms with Gasteiger partial charge < -0.3 is 15.2 Å². The maximum Gasteiger partial charge on any atom is 0.300 e. The molecular weight excluding hydrogens is 392 g/mol. The van der Waals surface area contributed by atoms with Crippen molar-refractivity contribution < 1.29 is 19.8 Å². The highest BCUT2D eigenvalue weighted by molar-refractivity contribution is 6.51. The van der Waals surface area contributed by atoms with E-state index in [1.807, 2.05) is 30.3 Å². The van der Waals surface area contributed by atoms with Crippen LogP contribution in [0.5, 0.6) is 5.75 Å². The number of para-hydroxylation sites is 2. The Bertz CT molecular complexity index is 1340. The van der Waals surface area contributed by atoms with Crippen molar-refractivity contribution >= 4 is 34.0 Å². The quantitative estimate of drug-likeness (QED) is 0.263. The number of rotatable bonds is 3. The summed E-state index contributed by atoms with van der Waals surface area (Å²) in [5.41, 5.74) is 2.40. The third-order valence-electron chi connectivity index (χ3n) is 5.53. The number of nitrogens with one attached hydrogen (secondary N) is 1. The van der Waals surface area contributed by atoms with Crippen LogP contribution in [-0.4, -0.2) is 26.9 Å². The summed E-state index contributed by atoms with van der Waals surface area (Å²) in [6.07, 6.45) is 1.63. The van der Waals surface area contributed by atoms with Gasteiger partial charge in [-0.15, -0.1) is 0 Å². The molecule has 6 nitrogen and oxygen atoms in total. The molecule has 1 aliphatic rings. The molecule has 152 valence electrons. The maximum atomic E-state index is 13.1. The zero-order valence-electron chi connectivity index (χ0n) is 16.3. The minimum absolute atomic E-state index is 0.00398. The number of hydrogen-bond acceptors (Lipinski definition) is 4. The first-order valence-electron chi connectivity index (χ1n) is 9.77. The highest BCUT2D eigenvalue weighted by atomic mass is 16.3. The molecule has 1 atom stereocenters. The van der Waals surface area contributed by atoms with Crippen molar-refractivity contribution in [1.82, 2.24) is 4.98 Å². The first-order chi connectivity index (χ1) is 15.1. The van der Waals surface area contributed by atoms with E-state index in [1.165, 1.54) is 17.0 Å². The Hall–Kier alpha value is -4.32. The molecule has 1 aromatic heterocycles. The lowest BCUT2D eigenvalue weighted by atomic mass is 9.95. The molecule has 0 spiro atoms. The van der Waals surface area contributed by atoms with Crippen LogP contribution in [0.4, 0.5) is 5.69 Å². The lowest BCUT2D eigenvalue weighted by Crippen LogP contribution is -2.29. The Morgan fingerprint density at radius 2 is 1.55 bits per heavy atom. The summed E-state index contributed by atoms with van der Waals surface area (Å²) < 4.78 is 0. The van der Waals surface area contributed by atoms with Crippen molar-refractivity contribution in [3.8, 4) is 5.75 Å². The number of benzene rings is 3. The largest absolute Gasteiger partial charge is 0.508 e. The van der Waals surface area contributed by atoms with Gasteiger partial charge in [0.1, 0.15) is 11.5 Å². The smallest absolute Gasteiger partial charge is 0.300 e. The van der Waals surface area contributed by atoms with Gasteiger partial charge in [0, 0.05) is 28.4 Å². The minimum atomic E-state index is -0.836. The van der Waals surface area contributed by atoms with E-state index in [2.05, 4.69) is 4.98 Å². The summed E-state index contributed by atoms with van der Waals surface area (Å²) in [5, 5.41) is 21.7. The van der Waals surface area contributed by atoms with Gasteiger partial charge in [0.15, 0.2) is 0 Å². The monoisotopic (exact) mass is 410 g/mol. The van der Waals surface area contributed by atoms with E-state index in [0.717, 1.165) is 10.9 Å². The van der Waals surface area contributed by atoms with Crippen LogP contribution in [0.3, 0.4) is 0 Å². The number of Topliss-reactive ketones (excluding diaryl/α,β-unsaturated/α-hetero) is 1. The average Bonchev–Trinajstić information content (AvgIpc) is 3.34. The molecule has 1 saturated heterocycles. The highest BCUT2D eigenvalue weighted by Crippen LogP contribution is 2.43. The second kappa shape index (κ2) is 7.18. The lowest BCUT2D eigenvalue weighted by molar-refractivity contribution is -0.132. The van der Waals surface area contributed by atoms with Crippen molar-refractivity contribution in [3.05, 3.63) is 102 Å². The average molecular weight is 410 g/mol. The fourth-order valence-electron chi connectivity index (χ4n) is 4.07. The normalized spacial score (nSPS) is 18.1. The zero-order valence-corrected chi connectivity index (χ0v) is 16.3. The Balaban J connectivity index is 1.76. The number of aliphatic hydroxyl groups excluding tert-OH is 1. The number of aromatic nitrogens is 1. The van der Waals surface area contributed by atoms with Crippen LogP contribution < -0.4 is 4.90 Å². The second-order valence-corrected chi connectivity index (χ2v) is 7.34. The van der Waals surface area contributed by atoms with Crippen LogP contribution in [0.15, 0.2) is 90.6 Å². The Labute approximate surface area is 177 Å². The van der Waals surface area contributed by atoms with Crippen LogP contribution in [0, 0.1) is 0 Å². The topological polar surface area (TPSA) is 93.6 Å². The number of carbonyl (C=O) groups is 2. The van der Waals surface area contributed by atoms with E-state index in [9.17, 15) is 19.8 Å². The summed E-state index contributed by atoms with van der Waals surface area (Å²) in [4.78, 5) is 30.7. The molecule has 0 saturated carbocycles. The molecule has 31 heavy (non-hydrogen) atoms. The molecule has 1 fully saturated rings. The number of hydrogen-bond donors (Lipinski definition) is 3. The van der Waals surface area contributed by atoms with Crippen LogP contribution in [0.25, 0.3) is 16.7 Å². The summed E-state index contributed by atoms with van der Waals surface area (Å²) in [5.74, 6) is -1.65. The van der Waals surface area contributed by atoms with Gasteiger partial charge in [0.2, 0.25) is 0 Å². The number of phenolic OH excluding ortho intramolecular Hbond substituents is 1. The molecule has 1 unspecified atom stereocenters. The third-order valence-corrected chi connectivity index (χ3v) is 5.53.